The molecule has 1 amide bonds. The van der Waals surface area contributed by atoms with Crippen molar-refractivity contribution in [2.45, 2.75) is 61.3 Å². The van der Waals surface area contributed by atoms with Gasteiger partial charge in [-0.25, -0.2) is 0 Å². The molecular weight excluding hydrogens is 459 g/mol. The highest BCUT2D eigenvalue weighted by Crippen LogP contribution is 2.64. The van der Waals surface area contributed by atoms with Crippen LogP contribution < -0.4 is 4.74 Å². The van der Waals surface area contributed by atoms with E-state index in [-0.39, 0.29) is 30.5 Å². The van der Waals surface area contributed by atoms with Crippen LogP contribution >= 0.6 is 23.2 Å². The number of aliphatic hydroxyl groups is 1. The third-order valence-electron chi connectivity index (χ3n) is 8.83. The van der Waals surface area contributed by atoms with E-state index in [2.05, 4.69) is 24.1 Å². The highest BCUT2D eigenvalue weighted by Gasteiger charge is 2.72. The number of benzene rings is 2. The first-order valence-electron chi connectivity index (χ1n) is 11.7. The molecule has 1 saturated heterocycles. The molecule has 2 aromatic carbocycles. The average Bonchev–Trinajstić information content (AvgIpc) is 3.13. The molecule has 0 radical (unpaired) electrons. The van der Waals surface area contributed by atoms with E-state index in [1.165, 1.54) is 11.1 Å². The first kappa shape index (κ1) is 21.7. The predicted molar refractivity (Wildman–Crippen MR) is 128 cm³/mol. The van der Waals surface area contributed by atoms with Crippen LogP contribution in [0, 0.1) is 0 Å². The van der Waals surface area contributed by atoms with Gasteiger partial charge >= 0.3 is 0 Å². The van der Waals surface area contributed by atoms with Gasteiger partial charge in [0.15, 0.2) is 0 Å². The van der Waals surface area contributed by atoms with E-state index in [1.807, 2.05) is 24.1 Å². The molecule has 2 fully saturated rings. The summed E-state index contributed by atoms with van der Waals surface area (Å²) in [7, 11) is 3.99. The lowest BCUT2D eigenvalue weighted by molar-refractivity contribution is -0.196. The summed E-state index contributed by atoms with van der Waals surface area (Å²) in [4.78, 5) is 17.5. The van der Waals surface area contributed by atoms with Crippen molar-refractivity contribution < 1.29 is 14.6 Å². The number of piperidine rings is 1. The lowest BCUT2D eigenvalue weighted by Gasteiger charge is -2.64. The number of carbonyl (C=O) groups excluding carboxylic acids is 1. The van der Waals surface area contributed by atoms with E-state index in [4.69, 9.17) is 27.9 Å². The highest BCUT2D eigenvalue weighted by atomic mass is 35.5. The third kappa shape index (κ3) is 2.83. The zero-order valence-electron chi connectivity index (χ0n) is 18.9. The Morgan fingerprint density at radius 1 is 1.24 bits per heavy atom. The molecule has 2 aromatic rings. The Balaban J connectivity index is 1.36. The summed E-state index contributed by atoms with van der Waals surface area (Å²) in [6.45, 7) is 0.911. The molecule has 1 spiro atoms. The average molecular weight is 487 g/mol. The van der Waals surface area contributed by atoms with Gasteiger partial charge in [0, 0.05) is 18.7 Å². The second-order valence-corrected chi connectivity index (χ2v) is 11.0. The topological polar surface area (TPSA) is 53.0 Å². The first-order chi connectivity index (χ1) is 15.8. The maximum atomic E-state index is 13.4. The van der Waals surface area contributed by atoms with Gasteiger partial charge in [-0.2, -0.15) is 0 Å². The summed E-state index contributed by atoms with van der Waals surface area (Å²) >= 11 is 12.2. The number of likely N-dealkylation sites (N-methyl/N-ethyl adjacent to an activating group) is 2. The van der Waals surface area contributed by atoms with Gasteiger partial charge in [-0.15, -0.1) is 0 Å². The molecule has 1 N–H and O–H groups in total. The minimum absolute atomic E-state index is 0.0142. The normalized spacial score (nSPS) is 33.9. The Morgan fingerprint density at radius 2 is 2.06 bits per heavy atom. The summed E-state index contributed by atoms with van der Waals surface area (Å²) in [5, 5.41) is 13.2. The molecule has 7 heteroatoms. The Bertz CT molecular complexity index is 1160. The van der Waals surface area contributed by atoms with Crippen molar-refractivity contribution in [2.24, 2.45) is 0 Å². The van der Waals surface area contributed by atoms with Crippen LogP contribution in [-0.4, -0.2) is 65.2 Å². The molecule has 6 rings (SSSR count). The Labute approximate surface area is 204 Å². The molecule has 5 nitrogen and oxygen atoms in total. The fraction of sp³-hybridized carbons (Fsp3) is 0.500. The van der Waals surface area contributed by atoms with E-state index in [0.29, 0.717) is 22.9 Å². The highest BCUT2D eigenvalue weighted by molar-refractivity contribution is 6.42. The smallest absolute Gasteiger partial charge is 0.227 e. The Hall–Kier alpha value is -1.79. The van der Waals surface area contributed by atoms with Gasteiger partial charge in [0.05, 0.1) is 33.5 Å². The van der Waals surface area contributed by atoms with Crippen molar-refractivity contribution >= 4 is 29.1 Å². The van der Waals surface area contributed by atoms with Gasteiger partial charge in [-0.1, -0.05) is 41.4 Å². The van der Waals surface area contributed by atoms with Crippen molar-refractivity contribution in [1.29, 1.82) is 0 Å². The fourth-order valence-corrected chi connectivity index (χ4v) is 7.55. The standard InChI is InChI=1S/C26H28Cl2N2O3/c1-29-11-10-25-23-16-4-3-5-20(23)33-24(25)19(8-9-26(25,32)21(29)14-16)30(2)22(31)13-15-6-7-17(27)18(28)12-15/h3-7,12,19,21,24,32H,8-11,13-14H2,1-2H3/t19-,21+,24-,25-,26+/m0/s1. The largest absolute Gasteiger partial charge is 0.487 e. The van der Waals surface area contributed by atoms with E-state index < -0.39 is 11.0 Å². The van der Waals surface area contributed by atoms with Crippen LogP contribution in [0.3, 0.4) is 0 Å². The van der Waals surface area contributed by atoms with Crippen molar-refractivity contribution in [2.75, 3.05) is 20.6 Å². The molecular formula is C26H28Cl2N2O3. The second-order valence-electron chi connectivity index (χ2n) is 10.2. The number of hydrogen-bond acceptors (Lipinski definition) is 4. The summed E-state index contributed by atoms with van der Waals surface area (Å²) in [5.41, 5.74) is 1.98. The quantitative estimate of drug-likeness (QED) is 0.715. The molecule has 2 aliphatic carbocycles. The number of amides is 1. The summed E-state index contributed by atoms with van der Waals surface area (Å²) in [6, 6.07) is 11.5. The van der Waals surface area contributed by atoms with Gasteiger partial charge in [0.1, 0.15) is 11.9 Å². The molecule has 0 unspecified atom stereocenters. The van der Waals surface area contributed by atoms with Gasteiger partial charge in [0.25, 0.3) is 0 Å². The van der Waals surface area contributed by atoms with Crippen molar-refractivity contribution in [3.05, 3.63) is 63.1 Å². The number of nitrogens with zero attached hydrogens (tertiary/aromatic N) is 2. The van der Waals surface area contributed by atoms with Crippen LogP contribution in [0.15, 0.2) is 36.4 Å². The van der Waals surface area contributed by atoms with Crippen LogP contribution in [0.25, 0.3) is 0 Å². The number of hydrogen-bond donors (Lipinski definition) is 1. The zero-order chi connectivity index (χ0) is 23.1. The Morgan fingerprint density at radius 3 is 2.85 bits per heavy atom. The second kappa shape index (κ2) is 7.35. The van der Waals surface area contributed by atoms with Gasteiger partial charge in [0.2, 0.25) is 5.91 Å². The van der Waals surface area contributed by atoms with Gasteiger partial charge < -0.3 is 19.6 Å². The van der Waals surface area contributed by atoms with Crippen LogP contribution in [0.5, 0.6) is 5.75 Å². The zero-order valence-corrected chi connectivity index (χ0v) is 20.4. The van der Waals surface area contributed by atoms with Gasteiger partial charge in [-0.3, -0.25) is 4.79 Å². The molecule has 4 aliphatic rings. The molecule has 1 saturated carbocycles. The molecule has 5 atom stereocenters. The third-order valence-corrected chi connectivity index (χ3v) is 9.57. The van der Waals surface area contributed by atoms with E-state index >= 15 is 0 Å². The van der Waals surface area contributed by atoms with Gasteiger partial charge in [-0.05, 0) is 68.6 Å². The predicted octanol–water partition coefficient (Wildman–Crippen LogP) is 3.85. The summed E-state index contributed by atoms with van der Waals surface area (Å²) < 4.78 is 6.64. The van der Waals surface area contributed by atoms with E-state index in [0.717, 1.165) is 30.7 Å². The number of rotatable bonds is 3. The monoisotopic (exact) mass is 486 g/mol. The van der Waals surface area contributed by atoms with Crippen LogP contribution in [0.2, 0.25) is 10.0 Å². The number of likely N-dealkylation sites (tertiary alicyclic amines) is 1. The summed E-state index contributed by atoms with van der Waals surface area (Å²) in [5.74, 6) is 0.899. The van der Waals surface area contributed by atoms with Crippen LogP contribution in [0.4, 0.5) is 0 Å². The number of carbonyl (C=O) groups is 1. The van der Waals surface area contributed by atoms with Crippen LogP contribution in [0.1, 0.15) is 36.0 Å². The van der Waals surface area contributed by atoms with Crippen molar-refractivity contribution in [1.82, 2.24) is 9.80 Å². The molecule has 2 heterocycles. The minimum Gasteiger partial charge on any atom is -0.487 e. The SMILES string of the molecule is CN1CC[C@]23c4c5cccc4O[C@H]2[C@@H](N(C)C(=O)Cc2ccc(Cl)c(Cl)c2)CC[C@@]3(O)[C@H]1C5. The summed E-state index contributed by atoms with van der Waals surface area (Å²) in [6.07, 6.45) is 3.02. The molecule has 2 bridgehead atoms. The van der Waals surface area contributed by atoms with Crippen molar-refractivity contribution in [3.63, 3.8) is 0 Å². The lowest BCUT2D eigenvalue weighted by Crippen LogP contribution is -2.77. The number of halogens is 2. The van der Waals surface area contributed by atoms with E-state index in [1.54, 1.807) is 12.1 Å². The fourth-order valence-electron chi connectivity index (χ4n) is 7.23. The molecule has 2 aliphatic heterocycles. The lowest BCUT2D eigenvalue weighted by atomic mass is 9.48. The molecule has 33 heavy (non-hydrogen) atoms. The van der Waals surface area contributed by atoms with E-state index in [9.17, 15) is 9.90 Å². The maximum absolute atomic E-state index is 13.4. The molecule has 0 aromatic heterocycles. The van der Waals surface area contributed by atoms with Crippen LogP contribution in [-0.2, 0) is 23.1 Å². The first-order valence-corrected chi connectivity index (χ1v) is 12.4. The maximum Gasteiger partial charge on any atom is 0.227 e. The minimum atomic E-state index is -0.853. The number of ether oxygens (including phenoxy) is 1. The van der Waals surface area contributed by atoms with Crippen molar-refractivity contribution in [3.8, 4) is 5.75 Å². The Kier molecular flexibility index (Phi) is 4.84. The molecule has 174 valence electrons.